The van der Waals surface area contributed by atoms with Crippen molar-refractivity contribution in [2.24, 2.45) is 0 Å². The van der Waals surface area contributed by atoms with Crippen molar-refractivity contribution in [3.63, 3.8) is 0 Å². The molecule has 0 saturated heterocycles. The molecule has 0 bridgehead atoms. The maximum Gasteiger partial charge on any atom is 0.251 e. The minimum absolute atomic E-state index is 0.0350. The number of imidazole rings is 1. The van der Waals surface area contributed by atoms with Gasteiger partial charge < -0.3 is 9.72 Å². The Morgan fingerprint density at radius 3 is 2.55 bits per heavy atom. The predicted octanol–water partition coefficient (Wildman–Crippen LogP) is 5.43. The molecule has 0 aliphatic carbocycles. The van der Waals surface area contributed by atoms with Crippen molar-refractivity contribution in [3.05, 3.63) is 102 Å². The van der Waals surface area contributed by atoms with Crippen LogP contribution in [0.25, 0.3) is 5.65 Å². The Labute approximate surface area is 175 Å². The first-order valence-corrected chi connectivity index (χ1v) is 10.6. The molecule has 0 aliphatic heterocycles. The van der Waals surface area contributed by atoms with E-state index in [2.05, 4.69) is 47.7 Å². The van der Waals surface area contributed by atoms with Gasteiger partial charge in [-0.1, -0.05) is 35.9 Å². The van der Waals surface area contributed by atoms with Crippen LogP contribution in [-0.4, -0.2) is 15.3 Å². The van der Waals surface area contributed by atoms with Crippen molar-refractivity contribution in [3.8, 4) is 0 Å². The second kappa shape index (κ2) is 8.53. The van der Waals surface area contributed by atoms with E-state index in [9.17, 15) is 4.79 Å². The van der Waals surface area contributed by atoms with Gasteiger partial charge in [-0.25, -0.2) is 4.98 Å². The number of pyridine rings is 1. The molecule has 1 amide bonds. The van der Waals surface area contributed by atoms with Crippen LogP contribution in [0.1, 0.15) is 40.1 Å². The van der Waals surface area contributed by atoms with Gasteiger partial charge in [0.25, 0.3) is 5.91 Å². The van der Waals surface area contributed by atoms with Crippen LogP contribution in [0.2, 0.25) is 0 Å². The van der Waals surface area contributed by atoms with E-state index >= 15 is 0 Å². The highest BCUT2D eigenvalue weighted by atomic mass is 32.2. The molecule has 2 heterocycles. The Morgan fingerprint density at radius 2 is 1.83 bits per heavy atom. The standard InChI is InChI=1S/C24H23N3OS/c1-17-6-8-19(9-7-17)18(2)25-24(28)20-10-12-22(13-11-20)29-16-21-15-27-14-4-3-5-23(27)26-21/h3-15,18H,16H2,1-2H3,(H,25,28). The number of carbonyl (C=O) groups is 1. The molecule has 4 nitrogen and oxygen atoms in total. The summed E-state index contributed by atoms with van der Waals surface area (Å²) in [6, 6.07) is 21.9. The number of rotatable bonds is 6. The van der Waals surface area contributed by atoms with Crippen molar-refractivity contribution < 1.29 is 4.79 Å². The average molecular weight is 402 g/mol. The first-order valence-electron chi connectivity index (χ1n) is 9.61. The molecule has 1 atom stereocenters. The van der Waals surface area contributed by atoms with Crippen LogP contribution < -0.4 is 5.32 Å². The maximum atomic E-state index is 12.6. The lowest BCUT2D eigenvalue weighted by Gasteiger charge is -2.15. The zero-order chi connectivity index (χ0) is 20.2. The van der Waals surface area contributed by atoms with E-state index in [1.54, 1.807) is 11.8 Å². The van der Waals surface area contributed by atoms with Gasteiger partial charge >= 0.3 is 0 Å². The Bertz CT molecular complexity index is 1080. The molecular formula is C24H23N3OS. The minimum atomic E-state index is -0.0602. The van der Waals surface area contributed by atoms with Crippen LogP contribution in [0, 0.1) is 6.92 Å². The van der Waals surface area contributed by atoms with E-state index < -0.39 is 0 Å². The van der Waals surface area contributed by atoms with Crippen LogP contribution in [0.5, 0.6) is 0 Å². The number of nitrogens with zero attached hydrogens (tertiary/aromatic N) is 2. The smallest absolute Gasteiger partial charge is 0.251 e. The summed E-state index contributed by atoms with van der Waals surface area (Å²) in [5.41, 5.74) is 4.97. The average Bonchev–Trinajstić information content (AvgIpc) is 3.16. The molecule has 0 aliphatic rings. The molecule has 4 aromatic rings. The number of aryl methyl sites for hydroxylation is 1. The third kappa shape index (κ3) is 4.69. The van der Waals surface area contributed by atoms with Crippen molar-refractivity contribution in [2.75, 3.05) is 0 Å². The van der Waals surface area contributed by atoms with Crippen molar-refractivity contribution in [1.82, 2.24) is 14.7 Å². The number of hydrogen-bond donors (Lipinski definition) is 1. The highest BCUT2D eigenvalue weighted by Crippen LogP contribution is 2.23. The predicted molar refractivity (Wildman–Crippen MR) is 118 cm³/mol. The van der Waals surface area contributed by atoms with Crippen molar-refractivity contribution in [1.29, 1.82) is 0 Å². The zero-order valence-corrected chi connectivity index (χ0v) is 17.3. The van der Waals surface area contributed by atoms with Gasteiger partial charge in [-0.3, -0.25) is 4.79 Å². The van der Waals surface area contributed by atoms with E-state index in [0.717, 1.165) is 27.6 Å². The van der Waals surface area contributed by atoms with Gasteiger partial charge in [-0.2, -0.15) is 0 Å². The molecule has 2 aromatic carbocycles. The molecule has 1 unspecified atom stereocenters. The van der Waals surface area contributed by atoms with Gasteiger partial charge in [-0.05, 0) is 55.8 Å². The Balaban J connectivity index is 1.35. The van der Waals surface area contributed by atoms with Crippen LogP contribution in [-0.2, 0) is 5.75 Å². The van der Waals surface area contributed by atoms with Gasteiger partial charge in [-0.15, -0.1) is 11.8 Å². The fraction of sp³-hybridized carbons (Fsp3) is 0.167. The van der Waals surface area contributed by atoms with Crippen LogP contribution in [0.4, 0.5) is 0 Å². The van der Waals surface area contributed by atoms with Gasteiger partial charge in [0.05, 0.1) is 11.7 Å². The number of thioether (sulfide) groups is 1. The molecular weight excluding hydrogens is 378 g/mol. The Morgan fingerprint density at radius 1 is 1.07 bits per heavy atom. The first kappa shape index (κ1) is 19.3. The van der Waals surface area contributed by atoms with E-state index in [4.69, 9.17) is 0 Å². The van der Waals surface area contributed by atoms with Crippen LogP contribution in [0.3, 0.4) is 0 Å². The second-order valence-electron chi connectivity index (χ2n) is 7.12. The number of carbonyl (C=O) groups excluding carboxylic acids is 1. The third-order valence-corrected chi connectivity index (χ3v) is 5.89. The highest BCUT2D eigenvalue weighted by Gasteiger charge is 2.11. The fourth-order valence-electron chi connectivity index (χ4n) is 3.13. The van der Waals surface area contributed by atoms with Gasteiger partial charge in [0.2, 0.25) is 0 Å². The van der Waals surface area contributed by atoms with Crippen LogP contribution >= 0.6 is 11.8 Å². The summed E-state index contributed by atoms with van der Waals surface area (Å²) in [6.07, 6.45) is 4.05. The van der Waals surface area contributed by atoms with Gasteiger partial charge in [0.15, 0.2) is 0 Å². The largest absolute Gasteiger partial charge is 0.346 e. The quantitative estimate of drug-likeness (QED) is 0.439. The van der Waals surface area contributed by atoms with Gasteiger partial charge in [0.1, 0.15) is 5.65 Å². The summed E-state index contributed by atoms with van der Waals surface area (Å²) < 4.78 is 2.03. The highest BCUT2D eigenvalue weighted by molar-refractivity contribution is 7.98. The number of hydrogen-bond acceptors (Lipinski definition) is 3. The molecule has 0 saturated carbocycles. The topological polar surface area (TPSA) is 46.4 Å². The number of fused-ring (bicyclic) bond motifs is 1. The lowest BCUT2D eigenvalue weighted by molar-refractivity contribution is 0.0940. The Kier molecular flexibility index (Phi) is 5.67. The zero-order valence-electron chi connectivity index (χ0n) is 16.5. The Hall–Kier alpha value is -3.05. The lowest BCUT2D eigenvalue weighted by atomic mass is 10.1. The van der Waals surface area contributed by atoms with E-state index in [0.29, 0.717) is 5.56 Å². The normalized spacial score (nSPS) is 12.1. The molecule has 29 heavy (non-hydrogen) atoms. The SMILES string of the molecule is Cc1ccc(C(C)NC(=O)c2ccc(SCc3cn4ccccc4n3)cc2)cc1. The van der Waals surface area contributed by atoms with E-state index in [-0.39, 0.29) is 11.9 Å². The molecule has 0 radical (unpaired) electrons. The van der Waals surface area contributed by atoms with E-state index in [1.165, 1.54) is 5.56 Å². The van der Waals surface area contributed by atoms with Crippen molar-refractivity contribution >= 4 is 23.3 Å². The summed E-state index contributed by atoms with van der Waals surface area (Å²) in [5.74, 6) is 0.729. The number of benzene rings is 2. The maximum absolute atomic E-state index is 12.6. The molecule has 4 rings (SSSR count). The van der Waals surface area contributed by atoms with Crippen molar-refractivity contribution in [2.45, 2.75) is 30.5 Å². The van der Waals surface area contributed by atoms with E-state index in [1.807, 2.05) is 60.0 Å². The minimum Gasteiger partial charge on any atom is -0.346 e. The van der Waals surface area contributed by atoms with Gasteiger partial charge in [0, 0.05) is 28.6 Å². The summed E-state index contributed by atoms with van der Waals surface area (Å²) in [7, 11) is 0. The summed E-state index contributed by atoms with van der Waals surface area (Å²) in [6.45, 7) is 4.06. The second-order valence-corrected chi connectivity index (χ2v) is 8.17. The summed E-state index contributed by atoms with van der Waals surface area (Å²) in [5, 5.41) is 3.07. The van der Waals surface area contributed by atoms with Crippen LogP contribution in [0.15, 0.2) is 84.0 Å². The monoisotopic (exact) mass is 401 g/mol. The third-order valence-electron chi connectivity index (χ3n) is 4.84. The number of aromatic nitrogens is 2. The molecule has 0 spiro atoms. The molecule has 2 aromatic heterocycles. The number of nitrogens with one attached hydrogen (secondary N) is 1. The number of amides is 1. The summed E-state index contributed by atoms with van der Waals surface area (Å²) >= 11 is 1.71. The molecule has 5 heteroatoms. The molecule has 146 valence electrons. The lowest BCUT2D eigenvalue weighted by Crippen LogP contribution is -2.26. The fourth-order valence-corrected chi connectivity index (χ4v) is 3.92. The first-order chi connectivity index (χ1) is 14.1. The molecule has 1 N–H and O–H groups in total. The summed E-state index contributed by atoms with van der Waals surface area (Å²) in [4.78, 5) is 18.3. The molecule has 0 fully saturated rings.